The van der Waals surface area contributed by atoms with Gasteiger partial charge in [0.2, 0.25) is 6.17 Å². The van der Waals surface area contributed by atoms with E-state index in [1.54, 1.807) is 36.2 Å². The van der Waals surface area contributed by atoms with Gasteiger partial charge >= 0.3 is 0 Å². The van der Waals surface area contributed by atoms with Gasteiger partial charge in [-0.1, -0.05) is 75.5 Å². The van der Waals surface area contributed by atoms with Crippen molar-refractivity contribution in [3.63, 3.8) is 0 Å². The minimum atomic E-state index is -0.952. The van der Waals surface area contributed by atoms with Crippen LogP contribution in [0.1, 0.15) is 16.7 Å². The van der Waals surface area contributed by atoms with Gasteiger partial charge in [-0.25, -0.2) is 4.99 Å². The van der Waals surface area contributed by atoms with Gasteiger partial charge in [-0.2, -0.15) is 0 Å². The number of fused-ring (bicyclic) bond motifs is 1. The van der Waals surface area contributed by atoms with Crippen LogP contribution in [0.25, 0.3) is 0 Å². The molecule has 0 aliphatic carbocycles. The van der Waals surface area contributed by atoms with Crippen molar-refractivity contribution in [2.45, 2.75) is 12.7 Å². The van der Waals surface area contributed by atoms with Gasteiger partial charge in [0.1, 0.15) is 0 Å². The lowest BCUT2D eigenvalue weighted by Gasteiger charge is -2.22. The molecule has 0 bridgehead atoms. The maximum atomic E-state index is 13.3. The fourth-order valence-corrected chi connectivity index (χ4v) is 4.51. The second-order valence-electron chi connectivity index (χ2n) is 7.34. The minimum Gasteiger partial charge on any atom is -0.359 e. The molecular weight excluding hydrogens is 543 g/mol. The van der Waals surface area contributed by atoms with E-state index in [1.807, 2.05) is 42.5 Å². The van der Waals surface area contributed by atoms with E-state index in [9.17, 15) is 4.79 Å². The summed E-state index contributed by atoms with van der Waals surface area (Å²) in [6.07, 6.45) is -0.952. The average Bonchev–Trinajstić information content (AvgIpc) is 2.89. The zero-order valence-electron chi connectivity index (χ0n) is 17.5. The maximum absolute atomic E-state index is 13.3. The van der Waals surface area contributed by atoms with Crippen molar-refractivity contribution in [2.24, 2.45) is 4.99 Å². The summed E-state index contributed by atoms with van der Waals surface area (Å²) < 4.78 is 0.969. The fourth-order valence-electron chi connectivity index (χ4n) is 3.50. The van der Waals surface area contributed by atoms with E-state index in [0.717, 1.165) is 10.0 Å². The highest BCUT2D eigenvalue weighted by atomic mass is 79.9. The first-order valence-electron chi connectivity index (χ1n) is 10.0. The van der Waals surface area contributed by atoms with E-state index < -0.39 is 6.17 Å². The molecule has 33 heavy (non-hydrogen) atoms. The number of amides is 1. The number of halogens is 3. The Balaban J connectivity index is 1.68. The molecule has 2 N–H and O–H groups in total. The summed E-state index contributed by atoms with van der Waals surface area (Å²) in [7, 11) is 1.70. The van der Waals surface area contributed by atoms with E-state index in [0.29, 0.717) is 44.2 Å². The number of thiocarbonyl (C=S) groups is 1. The Bertz CT molecular complexity index is 1270. The summed E-state index contributed by atoms with van der Waals surface area (Å²) in [6, 6.07) is 20.5. The number of carbonyl (C=O) groups excluding carboxylic acids is 1. The van der Waals surface area contributed by atoms with Crippen LogP contribution in [0.3, 0.4) is 0 Å². The van der Waals surface area contributed by atoms with Gasteiger partial charge in [-0.15, -0.1) is 0 Å². The highest BCUT2D eigenvalue weighted by molar-refractivity contribution is 9.10. The number of rotatable bonds is 4. The third kappa shape index (κ3) is 5.22. The molecule has 5 nitrogen and oxygen atoms in total. The smallest absolute Gasteiger partial charge is 0.272 e. The molecule has 1 heterocycles. The summed E-state index contributed by atoms with van der Waals surface area (Å²) in [5, 5.41) is 7.55. The molecule has 4 rings (SSSR count). The molecule has 0 spiro atoms. The summed E-state index contributed by atoms with van der Waals surface area (Å²) in [5.74, 6) is -0.259. The van der Waals surface area contributed by atoms with Crippen molar-refractivity contribution in [2.75, 3.05) is 11.9 Å². The number of nitrogens with zero attached hydrogens (tertiary/aromatic N) is 2. The van der Waals surface area contributed by atoms with Gasteiger partial charge in [0.15, 0.2) is 5.11 Å². The van der Waals surface area contributed by atoms with Crippen molar-refractivity contribution in [3.8, 4) is 0 Å². The molecule has 168 valence electrons. The van der Waals surface area contributed by atoms with Crippen molar-refractivity contribution < 1.29 is 4.79 Å². The van der Waals surface area contributed by atoms with Gasteiger partial charge in [-0.05, 0) is 48.1 Å². The van der Waals surface area contributed by atoms with Crippen LogP contribution < -0.4 is 15.5 Å². The average molecular weight is 562 g/mol. The fraction of sp³-hybridized carbons (Fsp3) is 0.125. The van der Waals surface area contributed by atoms with Gasteiger partial charge in [0.05, 0.1) is 11.4 Å². The molecule has 1 aliphatic heterocycles. The Morgan fingerprint density at radius 1 is 1.09 bits per heavy atom. The standard InChI is InChI=1S/C24H19BrCl2N4OS/c1-31-20-11-10-15(26)12-17(20)21(16-7-3-5-9-19(16)27)29-22(23(31)32)30-24(33)28-13-14-6-2-4-8-18(14)25/h2-12,22H,13H2,1H3,(H2,28,30,33). The SMILES string of the molecule is CN1C(=O)C(NC(=S)NCc2ccccc2Br)N=C(c2ccccc2Cl)c2cc(Cl)ccc21. The summed E-state index contributed by atoms with van der Waals surface area (Å²) in [5.41, 5.74) is 3.68. The van der Waals surface area contributed by atoms with E-state index in [1.165, 1.54) is 0 Å². The summed E-state index contributed by atoms with van der Waals surface area (Å²) in [4.78, 5) is 19.6. The van der Waals surface area contributed by atoms with E-state index in [-0.39, 0.29) is 5.91 Å². The number of hydrogen-bond acceptors (Lipinski definition) is 3. The van der Waals surface area contributed by atoms with Crippen LogP contribution in [-0.4, -0.2) is 29.9 Å². The Hall–Kier alpha value is -2.45. The summed E-state index contributed by atoms with van der Waals surface area (Å²) in [6.45, 7) is 0.487. The molecule has 1 unspecified atom stereocenters. The molecule has 9 heteroatoms. The first-order chi connectivity index (χ1) is 15.8. The third-order valence-corrected chi connectivity index (χ3v) is 6.79. The lowest BCUT2D eigenvalue weighted by molar-refractivity contribution is -0.119. The van der Waals surface area contributed by atoms with E-state index in [4.69, 9.17) is 40.4 Å². The topological polar surface area (TPSA) is 56.7 Å². The predicted octanol–water partition coefficient (Wildman–Crippen LogP) is 5.56. The predicted molar refractivity (Wildman–Crippen MR) is 142 cm³/mol. The molecule has 0 saturated carbocycles. The number of likely N-dealkylation sites (N-methyl/N-ethyl adjacent to an activating group) is 1. The second-order valence-corrected chi connectivity index (χ2v) is 9.44. The van der Waals surface area contributed by atoms with Gasteiger partial charge in [0, 0.05) is 39.2 Å². The quantitative estimate of drug-likeness (QED) is 0.409. The van der Waals surface area contributed by atoms with Crippen LogP contribution in [0, 0.1) is 0 Å². The monoisotopic (exact) mass is 560 g/mol. The molecule has 1 atom stereocenters. The van der Waals surface area contributed by atoms with Gasteiger partial charge in [-0.3, -0.25) is 4.79 Å². The minimum absolute atomic E-state index is 0.259. The van der Waals surface area contributed by atoms with Crippen molar-refractivity contribution >= 4 is 73.8 Å². The Morgan fingerprint density at radius 3 is 2.58 bits per heavy atom. The van der Waals surface area contributed by atoms with Crippen LogP contribution in [0.2, 0.25) is 10.0 Å². The van der Waals surface area contributed by atoms with Crippen molar-refractivity contribution in [1.82, 2.24) is 10.6 Å². The molecule has 0 radical (unpaired) electrons. The molecule has 3 aromatic carbocycles. The molecular formula is C24H19BrCl2N4OS. The Kier molecular flexibility index (Phi) is 7.34. The molecule has 0 aromatic heterocycles. The van der Waals surface area contributed by atoms with Crippen LogP contribution in [0.4, 0.5) is 5.69 Å². The van der Waals surface area contributed by atoms with Gasteiger partial charge < -0.3 is 15.5 Å². The van der Waals surface area contributed by atoms with Gasteiger partial charge in [0.25, 0.3) is 5.91 Å². The van der Waals surface area contributed by atoms with E-state index >= 15 is 0 Å². The number of hydrogen-bond donors (Lipinski definition) is 2. The lowest BCUT2D eigenvalue weighted by Crippen LogP contribution is -2.49. The zero-order chi connectivity index (χ0) is 23.5. The number of benzodiazepines with no additional fused rings is 1. The van der Waals surface area contributed by atoms with Crippen LogP contribution in [0.15, 0.2) is 76.2 Å². The Morgan fingerprint density at radius 2 is 1.82 bits per heavy atom. The lowest BCUT2D eigenvalue weighted by atomic mass is 10.00. The number of anilines is 1. The van der Waals surface area contributed by atoms with E-state index in [2.05, 4.69) is 26.6 Å². The molecule has 0 saturated heterocycles. The number of aliphatic imine (C=N–C) groups is 1. The molecule has 1 aliphatic rings. The summed E-state index contributed by atoms with van der Waals surface area (Å²) >= 11 is 21.8. The van der Waals surface area contributed by atoms with Crippen LogP contribution in [0.5, 0.6) is 0 Å². The molecule has 0 fully saturated rings. The highest BCUT2D eigenvalue weighted by Gasteiger charge is 2.31. The number of nitrogens with one attached hydrogen (secondary N) is 2. The van der Waals surface area contributed by atoms with Crippen LogP contribution >= 0.6 is 51.3 Å². The third-order valence-electron chi connectivity index (χ3n) is 5.19. The second kappa shape index (κ2) is 10.2. The molecule has 1 amide bonds. The largest absolute Gasteiger partial charge is 0.359 e. The first kappa shape index (κ1) is 23.7. The van der Waals surface area contributed by atoms with Crippen molar-refractivity contribution in [3.05, 3.63) is 97.9 Å². The first-order valence-corrected chi connectivity index (χ1v) is 12.0. The number of carbonyl (C=O) groups is 1. The highest BCUT2D eigenvalue weighted by Crippen LogP contribution is 2.31. The maximum Gasteiger partial charge on any atom is 0.272 e. The Labute approximate surface area is 215 Å². The zero-order valence-corrected chi connectivity index (χ0v) is 21.4. The van der Waals surface area contributed by atoms with Crippen LogP contribution in [-0.2, 0) is 11.3 Å². The number of benzene rings is 3. The molecule has 3 aromatic rings. The van der Waals surface area contributed by atoms with Crippen molar-refractivity contribution in [1.29, 1.82) is 0 Å². The normalized spacial score (nSPS) is 15.4.